The molecule has 0 saturated carbocycles. The van der Waals surface area contributed by atoms with Gasteiger partial charge in [-0.2, -0.15) is 5.10 Å². The molecule has 0 aliphatic rings. The van der Waals surface area contributed by atoms with Gasteiger partial charge in [0.15, 0.2) is 0 Å². The highest BCUT2D eigenvalue weighted by atomic mass is 16.4. The average Bonchev–Trinajstić information content (AvgIpc) is 2.70. The first-order valence-corrected chi connectivity index (χ1v) is 6.26. The van der Waals surface area contributed by atoms with Gasteiger partial charge in [-0.05, 0) is 12.3 Å². The van der Waals surface area contributed by atoms with Gasteiger partial charge in [-0.25, -0.2) is 4.79 Å². The lowest BCUT2D eigenvalue weighted by molar-refractivity contribution is -0.137. The third-order valence-electron chi connectivity index (χ3n) is 2.30. The topological polar surface area (TPSA) is 96.2 Å². The molecular weight excluding hydrogens is 248 g/mol. The van der Waals surface area contributed by atoms with Gasteiger partial charge in [0, 0.05) is 25.7 Å². The second kappa shape index (κ2) is 7.40. The zero-order chi connectivity index (χ0) is 14.3. The van der Waals surface area contributed by atoms with Gasteiger partial charge in [-0.1, -0.05) is 13.8 Å². The molecule has 1 aromatic heterocycles. The number of urea groups is 1. The molecule has 0 atom stereocenters. The van der Waals surface area contributed by atoms with Crippen LogP contribution in [0.3, 0.4) is 0 Å². The van der Waals surface area contributed by atoms with Crippen molar-refractivity contribution in [1.29, 1.82) is 0 Å². The highest BCUT2D eigenvalue weighted by Crippen LogP contribution is 2.06. The fraction of sp³-hybridized carbons (Fsp3) is 0.583. The van der Waals surface area contributed by atoms with Crippen molar-refractivity contribution in [2.24, 2.45) is 5.92 Å². The predicted molar refractivity (Wildman–Crippen MR) is 71.0 cm³/mol. The summed E-state index contributed by atoms with van der Waals surface area (Å²) in [7, 11) is 0. The number of hydrogen-bond acceptors (Lipinski definition) is 3. The van der Waals surface area contributed by atoms with E-state index in [1.807, 2.05) is 0 Å². The molecule has 0 bridgehead atoms. The van der Waals surface area contributed by atoms with Crippen LogP contribution in [0, 0.1) is 5.92 Å². The summed E-state index contributed by atoms with van der Waals surface area (Å²) in [5, 5.41) is 17.8. The van der Waals surface area contributed by atoms with Gasteiger partial charge in [0.05, 0.1) is 11.9 Å². The van der Waals surface area contributed by atoms with E-state index in [0.717, 1.165) is 6.54 Å². The second-order valence-electron chi connectivity index (χ2n) is 4.72. The van der Waals surface area contributed by atoms with E-state index in [0.29, 0.717) is 24.6 Å². The maximum Gasteiger partial charge on any atom is 0.319 e. The van der Waals surface area contributed by atoms with E-state index in [1.165, 1.54) is 0 Å². The lowest BCUT2D eigenvalue weighted by Crippen LogP contribution is -2.29. The number of carbonyl (C=O) groups excluding carboxylic acids is 1. The van der Waals surface area contributed by atoms with E-state index < -0.39 is 5.97 Å². The smallest absolute Gasteiger partial charge is 0.319 e. The van der Waals surface area contributed by atoms with Crippen LogP contribution in [0.25, 0.3) is 0 Å². The van der Waals surface area contributed by atoms with Gasteiger partial charge in [-0.15, -0.1) is 0 Å². The Labute approximate surface area is 112 Å². The molecule has 0 spiro atoms. The second-order valence-corrected chi connectivity index (χ2v) is 4.72. The highest BCUT2D eigenvalue weighted by Gasteiger charge is 2.05. The molecule has 0 saturated heterocycles. The summed E-state index contributed by atoms with van der Waals surface area (Å²) >= 11 is 0. The summed E-state index contributed by atoms with van der Waals surface area (Å²) in [5.41, 5.74) is 0.622. The van der Waals surface area contributed by atoms with Gasteiger partial charge in [-0.3, -0.25) is 9.48 Å². The summed E-state index contributed by atoms with van der Waals surface area (Å²) in [4.78, 5) is 21.8. The largest absolute Gasteiger partial charge is 0.481 e. The lowest BCUT2D eigenvalue weighted by Gasteiger charge is -2.05. The maximum absolute atomic E-state index is 11.5. The molecule has 0 aliphatic carbocycles. The van der Waals surface area contributed by atoms with Crippen molar-refractivity contribution in [2.75, 3.05) is 11.9 Å². The van der Waals surface area contributed by atoms with Gasteiger partial charge in [0.2, 0.25) is 0 Å². The minimum atomic E-state index is -0.864. The molecule has 7 nitrogen and oxygen atoms in total. The first-order valence-electron chi connectivity index (χ1n) is 6.26. The van der Waals surface area contributed by atoms with Crippen molar-refractivity contribution in [1.82, 2.24) is 15.1 Å². The molecule has 3 N–H and O–H groups in total. The average molecular weight is 268 g/mol. The molecule has 0 radical (unpaired) electrons. The summed E-state index contributed by atoms with van der Waals surface area (Å²) in [6.07, 6.45) is 3.80. The van der Waals surface area contributed by atoms with Crippen molar-refractivity contribution < 1.29 is 14.7 Å². The normalized spacial score (nSPS) is 10.5. The predicted octanol–water partition coefficient (Wildman–Crippen LogP) is 1.53. The van der Waals surface area contributed by atoms with Crippen molar-refractivity contribution in [2.45, 2.75) is 33.2 Å². The third kappa shape index (κ3) is 6.44. The van der Waals surface area contributed by atoms with E-state index in [-0.39, 0.29) is 12.5 Å². The molecular formula is C12H20N4O3. The fourth-order valence-corrected chi connectivity index (χ4v) is 1.52. The molecule has 106 valence electrons. The Bertz CT molecular complexity index is 428. The van der Waals surface area contributed by atoms with Crippen LogP contribution >= 0.6 is 0 Å². The molecule has 1 heterocycles. The SMILES string of the molecule is CC(C)Cn1cc(NC(=O)NCCCC(=O)O)cn1. The Morgan fingerprint density at radius 3 is 2.84 bits per heavy atom. The summed E-state index contributed by atoms with van der Waals surface area (Å²) < 4.78 is 1.77. The Balaban J connectivity index is 2.28. The van der Waals surface area contributed by atoms with Gasteiger partial charge in [0.25, 0.3) is 0 Å². The minimum Gasteiger partial charge on any atom is -0.481 e. The molecule has 19 heavy (non-hydrogen) atoms. The van der Waals surface area contributed by atoms with Crippen molar-refractivity contribution in [3.8, 4) is 0 Å². The molecule has 0 fully saturated rings. The quantitative estimate of drug-likeness (QED) is 0.653. The van der Waals surface area contributed by atoms with Crippen LogP contribution in [0.2, 0.25) is 0 Å². The molecule has 2 amide bonds. The molecule has 7 heteroatoms. The Morgan fingerprint density at radius 2 is 2.21 bits per heavy atom. The Kier molecular flexibility index (Phi) is 5.84. The van der Waals surface area contributed by atoms with E-state index in [1.54, 1.807) is 17.1 Å². The van der Waals surface area contributed by atoms with Crippen LogP contribution in [-0.2, 0) is 11.3 Å². The van der Waals surface area contributed by atoms with E-state index in [9.17, 15) is 9.59 Å². The number of carbonyl (C=O) groups is 2. The van der Waals surface area contributed by atoms with Crippen molar-refractivity contribution in [3.05, 3.63) is 12.4 Å². The Hall–Kier alpha value is -2.05. The summed E-state index contributed by atoms with van der Waals surface area (Å²) in [6.45, 7) is 5.30. The van der Waals surface area contributed by atoms with E-state index in [4.69, 9.17) is 5.11 Å². The number of rotatable bonds is 7. The van der Waals surface area contributed by atoms with Crippen LogP contribution in [-0.4, -0.2) is 33.4 Å². The maximum atomic E-state index is 11.5. The third-order valence-corrected chi connectivity index (χ3v) is 2.30. The van der Waals surface area contributed by atoms with Crippen LogP contribution in [0.5, 0.6) is 0 Å². The molecule has 1 rings (SSSR count). The lowest BCUT2D eigenvalue weighted by atomic mass is 10.2. The van der Waals surface area contributed by atoms with Crippen molar-refractivity contribution in [3.63, 3.8) is 0 Å². The van der Waals surface area contributed by atoms with E-state index >= 15 is 0 Å². The Morgan fingerprint density at radius 1 is 1.47 bits per heavy atom. The number of nitrogens with one attached hydrogen (secondary N) is 2. The zero-order valence-corrected chi connectivity index (χ0v) is 11.2. The number of anilines is 1. The van der Waals surface area contributed by atoms with Gasteiger partial charge in [0.1, 0.15) is 0 Å². The van der Waals surface area contributed by atoms with Gasteiger partial charge < -0.3 is 15.7 Å². The van der Waals surface area contributed by atoms with E-state index in [2.05, 4.69) is 29.6 Å². The van der Waals surface area contributed by atoms with Gasteiger partial charge >= 0.3 is 12.0 Å². The zero-order valence-electron chi connectivity index (χ0n) is 11.2. The molecule has 0 aliphatic heterocycles. The van der Waals surface area contributed by atoms with Crippen molar-refractivity contribution >= 4 is 17.7 Å². The molecule has 1 aromatic rings. The summed E-state index contributed by atoms with van der Waals surface area (Å²) in [6, 6.07) is -0.352. The summed E-state index contributed by atoms with van der Waals surface area (Å²) in [5.74, 6) is -0.380. The minimum absolute atomic E-state index is 0.0482. The standard InChI is InChI=1S/C12H20N4O3/c1-9(2)7-16-8-10(6-14-16)15-12(19)13-5-3-4-11(17)18/h6,8-9H,3-5,7H2,1-2H3,(H,17,18)(H2,13,15,19). The number of carboxylic acid groups (broad SMARTS) is 1. The first kappa shape index (κ1) is 15.0. The first-order chi connectivity index (χ1) is 8.97. The molecule has 0 unspecified atom stereocenters. The number of hydrogen-bond donors (Lipinski definition) is 3. The number of amides is 2. The highest BCUT2D eigenvalue weighted by molar-refractivity contribution is 5.88. The van der Waals surface area contributed by atoms with Crippen LogP contribution in [0.1, 0.15) is 26.7 Å². The number of aliphatic carboxylic acids is 1. The monoisotopic (exact) mass is 268 g/mol. The fourth-order valence-electron chi connectivity index (χ4n) is 1.52. The van der Waals surface area contributed by atoms with Crippen LogP contribution in [0.4, 0.5) is 10.5 Å². The van der Waals surface area contributed by atoms with Crippen LogP contribution < -0.4 is 10.6 Å². The number of nitrogens with zero attached hydrogens (tertiary/aromatic N) is 2. The van der Waals surface area contributed by atoms with Crippen LogP contribution in [0.15, 0.2) is 12.4 Å². The number of aromatic nitrogens is 2. The number of carboxylic acids is 1. The molecule has 0 aromatic carbocycles.